The topological polar surface area (TPSA) is 54.5 Å². The van der Waals surface area contributed by atoms with E-state index in [0.717, 1.165) is 10.0 Å². The van der Waals surface area contributed by atoms with Crippen LogP contribution in [0, 0.1) is 0 Å². The van der Waals surface area contributed by atoms with E-state index in [0.29, 0.717) is 19.6 Å². The maximum absolute atomic E-state index is 11.7. The molecule has 20 heavy (non-hydrogen) atoms. The zero-order valence-corrected chi connectivity index (χ0v) is 14.0. The summed E-state index contributed by atoms with van der Waals surface area (Å²) in [6, 6.07) is 2.01. The van der Waals surface area contributed by atoms with Gasteiger partial charge < -0.3 is 15.0 Å². The molecule has 1 aromatic heterocycles. The second-order valence-corrected chi connectivity index (χ2v) is 6.51. The van der Waals surface area contributed by atoms with Gasteiger partial charge in [0.15, 0.2) is 0 Å². The Morgan fingerprint density at radius 2 is 2.15 bits per heavy atom. The number of hydrogen-bond donors (Lipinski definition) is 1. The van der Waals surface area contributed by atoms with E-state index in [1.165, 1.54) is 0 Å². The van der Waals surface area contributed by atoms with Crippen molar-refractivity contribution in [3.63, 3.8) is 0 Å². The summed E-state index contributed by atoms with van der Waals surface area (Å²) in [5.74, 6) is 0. The highest BCUT2D eigenvalue weighted by Gasteiger charge is 2.18. The molecule has 0 aliphatic rings. The molecule has 0 saturated heterocycles. The van der Waals surface area contributed by atoms with Gasteiger partial charge in [0.1, 0.15) is 5.60 Å². The molecule has 1 aromatic rings. The molecule has 0 unspecified atom stereocenters. The van der Waals surface area contributed by atoms with Gasteiger partial charge in [0, 0.05) is 43.5 Å². The van der Waals surface area contributed by atoms with Crippen LogP contribution >= 0.6 is 15.9 Å². The lowest BCUT2D eigenvalue weighted by Crippen LogP contribution is -2.37. The SMILES string of the molecule is CN(CCNCc1cncc(Br)c1)C(=O)OC(C)(C)C. The van der Waals surface area contributed by atoms with E-state index in [1.54, 1.807) is 18.1 Å². The smallest absolute Gasteiger partial charge is 0.410 e. The van der Waals surface area contributed by atoms with Crippen LogP contribution in [-0.4, -0.2) is 41.7 Å². The lowest BCUT2D eigenvalue weighted by atomic mass is 10.2. The van der Waals surface area contributed by atoms with Crippen molar-refractivity contribution in [1.29, 1.82) is 0 Å². The number of carbonyl (C=O) groups is 1. The Labute approximate surface area is 128 Å². The van der Waals surface area contributed by atoms with E-state index < -0.39 is 5.60 Å². The first kappa shape index (κ1) is 16.9. The number of carbonyl (C=O) groups excluding carboxylic acids is 1. The largest absolute Gasteiger partial charge is 0.444 e. The van der Waals surface area contributed by atoms with Gasteiger partial charge in [-0.25, -0.2) is 4.79 Å². The molecular weight excluding hydrogens is 322 g/mol. The van der Waals surface area contributed by atoms with Crippen molar-refractivity contribution in [2.45, 2.75) is 32.9 Å². The van der Waals surface area contributed by atoms with Gasteiger partial charge in [0.25, 0.3) is 0 Å². The molecule has 0 saturated carbocycles. The number of hydrogen-bond acceptors (Lipinski definition) is 4. The maximum atomic E-state index is 11.7. The summed E-state index contributed by atoms with van der Waals surface area (Å²) < 4.78 is 6.23. The van der Waals surface area contributed by atoms with E-state index in [4.69, 9.17) is 4.74 Å². The average molecular weight is 344 g/mol. The Balaban J connectivity index is 2.25. The number of halogens is 1. The number of ether oxygens (including phenoxy) is 1. The second kappa shape index (κ2) is 7.59. The summed E-state index contributed by atoms with van der Waals surface area (Å²) >= 11 is 3.38. The Kier molecular flexibility index (Phi) is 6.42. The zero-order chi connectivity index (χ0) is 15.2. The predicted molar refractivity (Wildman–Crippen MR) is 82.5 cm³/mol. The zero-order valence-electron chi connectivity index (χ0n) is 12.4. The first-order valence-electron chi connectivity index (χ1n) is 6.52. The van der Waals surface area contributed by atoms with Crippen LogP contribution in [0.3, 0.4) is 0 Å². The Hall–Kier alpha value is -1.14. The van der Waals surface area contributed by atoms with Crippen LogP contribution in [0.1, 0.15) is 26.3 Å². The molecule has 6 heteroatoms. The van der Waals surface area contributed by atoms with Crippen molar-refractivity contribution in [2.75, 3.05) is 20.1 Å². The fourth-order valence-corrected chi connectivity index (χ4v) is 1.88. The lowest BCUT2D eigenvalue weighted by Gasteiger charge is -2.24. The van der Waals surface area contributed by atoms with E-state index in [9.17, 15) is 4.79 Å². The van der Waals surface area contributed by atoms with E-state index in [1.807, 2.05) is 33.0 Å². The molecule has 0 atom stereocenters. The van der Waals surface area contributed by atoms with Gasteiger partial charge in [0.2, 0.25) is 0 Å². The van der Waals surface area contributed by atoms with E-state index >= 15 is 0 Å². The number of rotatable bonds is 5. The van der Waals surface area contributed by atoms with Gasteiger partial charge in [-0.15, -0.1) is 0 Å². The summed E-state index contributed by atoms with van der Waals surface area (Å²) in [6.07, 6.45) is 3.26. The Bertz CT molecular complexity index is 446. The number of amides is 1. The molecular formula is C14H22BrN3O2. The third-order valence-electron chi connectivity index (χ3n) is 2.42. The fraction of sp³-hybridized carbons (Fsp3) is 0.571. The molecule has 1 heterocycles. The number of nitrogens with one attached hydrogen (secondary N) is 1. The third kappa shape index (κ3) is 6.86. The first-order chi connectivity index (χ1) is 9.28. The van der Waals surface area contributed by atoms with Crippen molar-refractivity contribution in [3.8, 4) is 0 Å². The average Bonchev–Trinajstić information content (AvgIpc) is 2.32. The third-order valence-corrected chi connectivity index (χ3v) is 2.85. The highest BCUT2D eigenvalue weighted by atomic mass is 79.9. The van der Waals surface area contributed by atoms with Crippen LogP contribution in [0.4, 0.5) is 4.79 Å². The molecule has 0 radical (unpaired) electrons. The van der Waals surface area contributed by atoms with Crippen LogP contribution in [0.15, 0.2) is 22.9 Å². The minimum absolute atomic E-state index is 0.302. The van der Waals surface area contributed by atoms with Crippen molar-refractivity contribution >= 4 is 22.0 Å². The van der Waals surface area contributed by atoms with Gasteiger partial charge in [-0.1, -0.05) is 0 Å². The van der Waals surface area contributed by atoms with Gasteiger partial charge in [0.05, 0.1) is 0 Å². The summed E-state index contributed by atoms with van der Waals surface area (Å²) in [6.45, 7) is 7.58. The normalized spacial score (nSPS) is 11.2. The van der Waals surface area contributed by atoms with Gasteiger partial charge in [-0.05, 0) is 48.3 Å². The minimum Gasteiger partial charge on any atom is -0.444 e. The van der Waals surface area contributed by atoms with Crippen molar-refractivity contribution in [3.05, 3.63) is 28.5 Å². The van der Waals surface area contributed by atoms with Crippen LogP contribution in [0.5, 0.6) is 0 Å². The predicted octanol–water partition coefficient (Wildman–Crippen LogP) is 2.80. The second-order valence-electron chi connectivity index (χ2n) is 5.59. The molecule has 1 amide bonds. The lowest BCUT2D eigenvalue weighted by molar-refractivity contribution is 0.0300. The quantitative estimate of drug-likeness (QED) is 0.835. The van der Waals surface area contributed by atoms with Crippen molar-refractivity contribution in [2.24, 2.45) is 0 Å². The van der Waals surface area contributed by atoms with Gasteiger partial charge in [-0.3, -0.25) is 4.98 Å². The molecule has 0 spiro atoms. The van der Waals surface area contributed by atoms with Crippen LogP contribution < -0.4 is 5.32 Å². The molecule has 0 bridgehead atoms. The summed E-state index contributed by atoms with van der Waals surface area (Å²) in [4.78, 5) is 17.4. The van der Waals surface area contributed by atoms with Gasteiger partial charge >= 0.3 is 6.09 Å². The highest BCUT2D eigenvalue weighted by molar-refractivity contribution is 9.10. The summed E-state index contributed by atoms with van der Waals surface area (Å²) in [5.41, 5.74) is 0.639. The molecule has 0 aromatic carbocycles. The Morgan fingerprint density at radius 3 is 2.75 bits per heavy atom. The summed E-state index contributed by atoms with van der Waals surface area (Å²) in [7, 11) is 1.73. The van der Waals surface area contributed by atoms with Gasteiger partial charge in [-0.2, -0.15) is 0 Å². The van der Waals surface area contributed by atoms with Crippen molar-refractivity contribution < 1.29 is 9.53 Å². The van der Waals surface area contributed by atoms with E-state index in [2.05, 4.69) is 26.2 Å². The van der Waals surface area contributed by atoms with Crippen LogP contribution in [0.25, 0.3) is 0 Å². The molecule has 1 rings (SSSR count). The van der Waals surface area contributed by atoms with Crippen LogP contribution in [0.2, 0.25) is 0 Å². The van der Waals surface area contributed by atoms with E-state index in [-0.39, 0.29) is 6.09 Å². The summed E-state index contributed by atoms with van der Waals surface area (Å²) in [5, 5.41) is 3.27. The number of pyridine rings is 1. The maximum Gasteiger partial charge on any atom is 0.410 e. The standard InChI is InChI=1S/C14H22BrN3O2/c1-14(2,3)20-13(19)18(4)6-5-16-8-11-7-12(15)10-17-9-11/h7,9-10,16H,5-6,8H2,1-4H3. The van der Waals surface area contributed by atoms with Crippen LogP contribution in [-0.2, 0) is 11.3 Å². The molecule has 0 aliphatic heterocycles. The monoisotopic (exact) mass is 343 g/mol. The molecule has 5 nitrogen and oxygen atoms in total. The number of nitrogens with zero attached hydrogens (tertiary/aromatic N) is 2. The fourth-order valence-electron chi connectivity index (χ4n) is 1.46. The molecule has 0 aliphatic carbocycles. The molecule has 0 fully saturated rings. The minimum atomic E-state index is -0.458. The Morgan fingerprint density at radius 1 is 1.45 bits per heavy atom. The van der Waals surface area contributed by atoms with Crippen molar-refractivity contribution in [1.82, 2.24) is 15.2 Å². The first-order valence-corrected chi connectivity index (χ1v) is 7.31. The molecule has 1 N–H and O–H groups in total. The number of aromatic nitrogens is 1. The molecule has 112 valence electrons. The number of likely N-dealkylation sites (N-methyl/N-ethyl adjacent to an activating group) is 1. The highest BCUT2D eigenvalue weighted by Crippen LogP contribution is 2.10.